The van der Waals surface area contributed by atoms with Crippen LogP contribution in [0.15, 0.2) is 30.5 Å². The first-order valence-corrected chi connectivity index (χ1v) is 9.73. The molecular weight excluding hydrogens is 352 g/mol. The molecule has 1 amide bonds. The Balaban J connectivity index is 1.58. The largest absolute Gasteiger partial charge is 0.383 e. The number of aryl methyl sites for hydroxylation is 1. The number of imidazole rings is 1. The van der Waals surface area contributed by atoms with Gasteiger partial charge in [-0.3, -0.25) is 4.79 Å². The molecule has 2 aromatic heterocycles. The Morgan fingerprint density at radius 1 is 1.21 bits per heavy atom. The Hall–Kier alpha value is -2.96. The summed E-state index contributed by atoms with van der Waals surface area (Å²) in [6.07, 6.45) is 6.12. The van der Waals surface area contributed by atoms with Crippen molar-refractivity contribution in [1.29, 1.82) is 0 Å². The Morgan fingerprint density at radius 3 is 2.61 bits per heavy atom. The minimum absolute atomic E-state index is 0.232. The van der Waals surface area contributed by atoms with Crippen LogP contribution in [0.5, 0.6) is 0 Å². The summed E-state index contributed by atoms with van der Waals surface area (Å²) in [6, 6.07) is 7.90. The number of rotatable bonds is 4. The van der Waals surface area contributed by atoms with Crippen LogP contribution in [0.1, 0.15) is 67.5 Å². The number of fused-ring (bicyclic) bond motifs is 1. The first kappa shape index (κ1) is 18.4. The molecule has 0 saturated heterocycles. The first-order chi connectivity index (χ1) is 13.4. The quantitative estimate of drug-likeness (QED) is 0.726. The monoisotopic (exact) mass is 378 g/mol. The molecule has 1 aromatic carbocycles. The number of nitrogens with zero attached hydrogens (tertiary/aromatic N) is 4. The van der Waals surface area contributed by atoms with Gasteiger partial charge in [-0.2, -0.15) is 0 Å². The van der Waals surface area contributed by atoms with Gasteiger partial charge in [-0.15, -0.1) is 0 Å². The molecule has 3 N–H and O–H groups in total. The van der Waals surface area contributed by atoms with E-state index in [-0.39, 0.29) is 11.7 Å². The number of anilines is 1. The summed E-state index contributed by atoms with van der Waals surface area (Å²) >= 11 is 0. The zero-order chi connectivity index (χ0) is 19.9. The number of carbonyl (C=O) groups is 1. The number of benzene rings is 1. The Morgan fingerprint density at radius 2 is 1.93 bits per heavy atom. The van der Waals surface area contributed by atoms with Crippen LogP contribution in [0.3, 0.4) is 0 Å². The highest BCUT2D eigenvalue weighted by molar-refractivity contribution is 5.98. The Labute approximate surface area is 164 Å². The number of hydrogen-bond acceptors (Lipinski definition) is 5. The second-order valence-corrected chi connectivity index (χ2v) is 8.07. The van der Waals surface area contributed by atoms with Crippen LogP contribution < -0.4 is 11.1 Å². The summed E-state index contributed by atoms with van der Waals surface area (Å²) in [4.78, 5) is 26.5. The van der Waals surface area contributed by atoms with Crippen LogP contribution in [0, 0.1) is 0 Å². The van der Waals surface area contributed by atoms with Crippen molar-refractivity contribution in [1.82, 2.24) is 24.8 Å². The van der Waals surface area contributed by atoms with Gasteiger partial charge >= 0.3 is 0 Å². The second kappa shape index (κ2) is 6.89. The van der Waals surface area contributed by atoms with Crippen LogP contribution in [0.25, 0.3) is 11.0 Å². The zero-order valence-electron chi connectivity index (χ0n) is 16.6. The van der Waals surface area contributed by atoms with E-state index in [1.807, 2.05) is 49.7 Å². The normalized spacial score (nSPS) is 15.2. The molecule has 0 radical (unpaired) electrons. The van der Waals surface area contributed by atoms with Gasteiger partial charge in [-0.05, 0) is 38.8 Å². The lowest BCUT2D eigenvalue weighted by molar-refractivity contribution is 0.0907. The molecule has 0 aliphatic heterocycles. The highest BCUT2D eigenvalue weighted by Gasteiger charge is 2.30. The van der Waals surface area contributed by atoms with Gasteiger partial charge in [0.2, 0.25) is 0 Å². The third-order valence-corrected chi connectivity index (χ3v) is 5.57. The van der Waals surface area contributed by atoms with Crippen LogP contribution in [0.2, 0.25) is 0 Å². The van der Waals surface area contributed by atoms with Gasteiger partial charge in [0, 0.05) is 19.2 Å². The maximum Gasteiger partial charge on any atom is 0.257 e. The lowest BCUT2D eigenvalue weighted by atomic mass is 10.0. The van der Waals surface area contributed by atoms with Gasteiger partial charge in [0.25, 0.3) is 5.91 Å². The molecular formula is C21H26N6O. The highest BCUT2D eigenvalue weighted by atomic mass is 16.1. The van der Waals surface area contributed by atoms with E-state index < -0.39 is 5.54 Å². The molecule has 146 valence electrons. The van der Waals surface area contributed by atoms with Crippen LogP contribution in [-0.4, -0.2) is 25.4 Å². The fourth-order valence-electron chi connectivity index (χ4n) is 4.08. The summed E-state index contributed by atoms with van der Waals surface area (Å²) in [6.45, 7) is 3.85. The molecule has 28 heavy (non-hydrogen) atoms. The van der Waals surface area contributed by atoms with Gasteiger partial charge in [0.05, 0.1) is 22.1 Å². The van der Waals surface area contributed by atoms with E-state index >= 15 is 0 Å². The van der Waals surface area contributed by atoms with Gasteiger partial charge in [0.1, 0.15) is 17.5 Å². The molecule has 3 aromatic rings. The molecule has 0 bridgehead atoms. The summed E-state index contributed by atoms with van der Waals surface area (Å²) in [5, 5.41) is 3.04. The topological polar surface area (TPSA) is 98.7 Å². The second-order valence-electron chi connectivity index (χ2n) is 8.07. The highest BCUT2D eigenvalue weighted by Crippen LogP contribution is 2.32. The van der Waals surface area contributed by atoms with Crippen molar-refractivity contribution in [3.8, 4) is 0 Å². The number of hydrogen-bond donors (Lipinski definition) is 2. The van der Waals surface area contributed by atoms with E-state index in [1.165, 1.54) is 12.8 Å². The van der Waals surface area contributed by atoms with Crippen molar-refractivity contribution in [2.24, 2.45) is 7.05 Å². The molecule has 1 fully saturated rings. The van der Waals surface area contributed by atoms with Gasteiger partial charge < -0.3 is 15.6 Å². The number of nitrogens with two attached hydrogens (primary N) is 1. The summed E-state index contributed by atoms with van der Waals surface area (Å²) < 4.78 is 2.00. The van der Waals surface area contributed by atoms with Crippen molar-refractivity contribution in [2.75, 3.05) is 5.73 Å². The predicted molar refractivity (Wildman–Crippen MR) is 109 cm³/mol. The van der Waals surface area contributed by atoms with Crippen molar-refractivity contribution in [2.45, 2.75) is 51.0 Å². The van der Waals surface area contributed by atoms with Crippen LogP contribution in [0.4, 0.5) is 5.82 Å². The Kier molecular flexibility index (Phi) is 4.53. The van der Waals surface area contributed by atoms with E-state index in [1.54, 1.807) is 6.20 Å². The van der Waals surface area contributed by atoms with E-state index in [4.69, 9.17) is 10.7 Å². The van der Waals surface area contributed by atoms with Crippen molar-refractivity contribution in [3.63, 3.8) is 0 Å². The van der Waals surface area contributed by atoms with Crippen LogP contribution >= 0.6 is 0 Å². The molecule has 4 rings (SSSR count). The summed E-state index contributed by atoms with van der Waals surface area (Å²) in [5.74, 6) is 1.81. The number of carbonyl (C=O) groups excluding carboxylic acids is 1. The molecule has 7 heteroatoms. The van der Waals surface area contributed by atoms with Crippen LogP contribution in [-0.2, 0) is 12.6 Å². The number of amides is 1. The number of para-hydroxylation sites is 2. The van der Waals surface area contributed by atoms with E-state index in [2.05, 4.69) is 15.3 Å². The molecule has 1 aliphatic carbocycles. The fraction of sp³-hybridized carbons (Fsp3) is 0.429. The minimum Gasteiger partial charge on any atom is -0.383 e. The maximum atomic E-state index is 12.9. The first-order valence-electron chi connectivity index (χ1n) is 9.73. The molecule has 1 saturated carbocycles. The number of nitrogen functional groups attached to an aromatic ring is 1. The van der Waals surface area contributed by atoms with Gasteiger partial charge in [-0.25, -0.2) is 15.0 Å². The smallest absolute Gasteiger partial charge is 0.257 e. The molecule has 7 nitrogen and oxygen atoms in total. The molecule has 2 heterocycles. The fourth-order valence-corrected chi connectivity index (χ4v) is 4.08. The van der Waals surface area contributed by atoms with Gasteiger partial charge in [-0.1, -0.05) is 25.0 Å². The molecule has 1 aliphatic rings. The number of aromatic nitrogens is 4. The number of nitrogens with one attached hydrogen (secondary N) is 1. The third kappa shape index (κ3) is 3.21. The lowest BCUT2D eigenvalue weighted by Crippen LogP contribution is -2.43. The van der Waals surface area contributed by atoms with Crippen molar-refractivity contribution >= 4 is 22.8 Å². The standard InChI is InChI=1S/C21H26N6O/c1-21(2,20-24-15-10-6-7-11-16(15)27(20)3)26-19(28)14-12-23-18(25-17(14)22)13-8-4-5-9-13/h6-7,10-13H,4-5,8-9H2,1-3H3,(H,26,28)(H2,22,23,25). The average Bonchev–Trinajstić information content (AvgIpc) is 3.30. The predicted octanol–water partition coefficient (Wildman–Crippen LogP) is 3.27. The van der Waals surface area contributed by atoms with E-state index in [9.17, 15) is 4.79 Å². The maximum absolute atomic E-state index is 12.9. The Bertz CT molecular complexity index is 1030. The van der Waals surface area contributed by atoms with E-state index in [0.717, 1.165) is 35.5 Å². The third-order valence-electron chi connectivity index (χ3n) is 5.57. The molecule has 0 unspecified atom stereocenters. The average molecular weight is 378 g/mol. The SMILES string of the molecule is Cn1c(C(C)(C)NC(=O)c2cnc(C3CCCC3)nc2N)nc2ccccc21. The van der Waals surface area contributed by atoms with E-state index in [0.29, 0.717) is 11.5 Å². The summed E-state index contributed by atoms with van der Waals surface area (Å²) in [7, 11) is 1.95. The minimum atomic E-state index is -0.693. The van der Waals surface area contributed by atoms with Crippen molar-refractivity contribution < 1.29 is 4.79 Å². The van der Waals surface area contributed by atoms with Gasteiger partial charge in [0.15, 0.2) is 0 Å². The zero-order valence-corrected chi connectivity index (χ0v) is 16.6. The lowest BCUT2D eigenvalue weighted by Gasteiger charge is -2.26. The summed E-state index contributed by atoms with van der Waals surface area (Å²) in [5.41, 5.74) is 7.62. The molecule has 0 spiro atoms. The molecule has 0 atom stereocenters. The van der Waals surface area contributed by atoms with Crippen molar-refractivity contribution in [3.05, 3.63) is 47.7 Å².